The normalized spacial score (nSPS) is 18.9. The largest absolute Gasteiger partial charge is 0.384 e. The van der Waals surface area contributed by atoms with Gasteiger partial charge in [-0.2, -0.15) is 0 Å². The molecule has 1 aliphatic rings. The number of pyridine rings is 1. The summed E-state index contributed by atoms with van der Waals surface area (Å²) in [5.41, 5.74) is 5.94. The molecule has 1 saturated heterocycles. The number of carbonyl (C=O) groups excluding carboxylic acids is 1. The third-order valence-corrected chi connectivity index (χ3v) is 3.26. The van der Waals surface area contributed by atoms with Crippen molar-refractivity contribution in [3.8, 4) is 0 Å². The van der Waals surface area contributed by atoms with Gasteiger partial charge in [-0.3, -0.25) is 4.79 Å². The van der Waals surface area contributed by atoms with Gasteiger partial charge < -0.3 is 15.4 Å². The molecular weight excluding hydrogens is 254 g/mol. The second-order valence-electron chi connectivity index (χ2n) is 4.41. The maximum atomic E-state index is 12.2. The predicted molar refractivity (Wildman–Crippen MR) is 69.6 cm³/mol. The summed E-state index contributed by atoms with van der Waals surface area (Å²) in [6, 6.07) is 1.50. The smallest absolute Gasteiger partial charge is 0.255 e. The predicted octanol–water partition coefficient (Wildman–Crippen LogP) is 1.57. The molecule has 2 rings (SSSR count). The van der Waals surface area contributed by atoms with Crippen LogP contribution in [0.3, 0.4) is 0 Å². The molecule has 1 fully saturated rings. The molecule has 0 radical (unpaired) electrons. The molecule has 2 heterocycles. The van der Waals surface area contributed by atoms with Crippen molar-refractivity contribution < 1.29 is 9.53 Å². The lowest BCUT2D eigenvalue weighted by Gasteiger charge is -2.21. The van der Waals surface area contributed by atoms with Crippen molar-refractivity contribution >= 4 is 23.3 Å². The number of amides is 1. The molecule has 0 aromatic carbocycles. The maximum absolute atomic E-state index is 12.2. The Labute approximate surface area is 111 Å². The van der Waals surface area contributed by atoms with E-state index in [9.17, 15) is 4.79 Å². The van der Waals surface area contributed by atoms with Gasteiger partial charge in [0.2, 0.25) is 0 Å². The number of anilines is 1. The molecule has 1 amide bonds. The fraction of sp³-hybridized carbons (Fsp3) is 0.500. The average Bonchev–Trinajstić information content (AvgIpc) is 2.84. The monoisotopic (exact) mass is 269 g/mol. The second-order valence-corrected chi connectivity index (χ2v) is 4.82. The highest BCUT2D eigenvalue weighted by Crippen LogP contribution is 2.19. The van der Waals surface area contributed by atoms with E-state index in [2.05, 4.69) is 4.98 Å². The Balaban J connectivity index is 2.07. The van der Waals surface area contributed by atoms with Gasteiger partial charge in [0.15, 0.2) is 0 Å². The lowest BCUT2D eigenvalue weighted by atomic mass is 10.2. The van der Waals surface area contributed by atoms with Crippen LogP contribution in [0.2, 0.25) is 5.02 Å². The van der Waals surface area contributed by atoms with Crippen LogP contribution in [0.15, 0.2) is 12.3 Å². The standard InChI is InChI=1S/C12H16ClN3O2/c1-16(7-8-3-2-4-18-8)12(17)9-5-11(14)15-6-10(9)13/h5-6,8H,2-4,7H2,1H3,(H2,14,15). The number of hydrogen-bond donors (Lipinski definition) is 1. The Morgan fingerprint density at radius 1 is 1.72 bits per heavy atom. The van der Waals surface area contributed by atoms with Gasteiger partial charge in [-0.05, 0) is 18.9 Å². The van der Waals surface area contributed by atoms with Crippen LogP contribution in [0.25, 0.3) is 0 Å². The summed E-state index contributed by atoms with van der Waals surface area (Å²) in [4.78, 5) is 17.7. The van der Waals surface area contributed by atoms with Crippen molar-refractivity contribution in [2.24, 2.45) is 0 Å². The molecule has 1 aromatic heterocycles. The number of nitrogens with two attached hydrogens (primary N) is 1. The first-order valence-corrected chi connectivity index (χ1v) is 6.24. The van der Waals surface area contributed by atoms with Crippen LogP contribution in [0.1, 0.15) is 23.2 Å². The molecule has 1 aromatic rings. The Morgan fingerprint density at radius 3 is 3.17 bits per heavy atom. The first-order chi connectivity index (χ1) is 8.58. The highest BCUT2D eigenvalue weighted by atomic mass is 35.5. The zero-order valence-electron chi connectivity index (χ0n) is 10.2. The van der Waals surface area contributed by atoms with E-state index in [1.165, 1.54) is 12.3 Å². The Morgan fingerprint density at radius 2 is 2.50 bits per heavy atom. The van der Waals surface area contributed by atoms with Gasteiger partial charge in [-0.15, -0.1) is 0 Å². The van der Waals surface area contributed by atoms with E-state index in [-0.39, 0.29) is 17.8 Å². The summed E-state index contributed by atoms with van der Waals surface area (Å²) in [6.07, 6.45) is 3.56. The lowest BCUT2D eigenvalue weighted by molar-refractivity contribution is 0.0587. The van der Waals surface area contributed by atoms with Crippen molar-refractivity contribution in [1.29, 1.82) is 0 Å². The molecule has 98 valence electrons. The third kappa shape index (κ3) is 2.91. The Bertz CT molecular complexity index is 447. The van der Waals surface area contributed by atoms with Crippen LogP contribution >= 0.6 is 11.6 Å². The number of nitrogen functional groups attached to an aromatic ring is 1. The van der Waals surface area contributed by atoms with E-state index in [4.69, 9.17) is 22.1 Å². The molecule has 0 bridgehead atoms. The Hall–Kier alpha value is -1.33. The van der Waals surface area contributed by atoms with E-state index in [0.717, 1.165) is 19.4 Å². The van der Waals surface area contributed by atoms with E-state index in [1.54, 1.807) is 11.9 Å². The number of rotatable bonds is 3. The molecular formula is C12H16ClN3O2. The van der Waals surface area contributed by atoms with Crippen molar-refractivity contribution in [2.45, 2.75) is 18.9 Å². The number of ether oxygens (including phenoxy) is 1. The molecule has 1 aliphatic heterocycles. The van der Waals surface area contributed by atoms with Crippen molar-refractivity contribution in [3.05, 3.63) is 22.8 Å². The zero-order valence-corrected chi connectivity index (χ0v) is 11.0. The Kier molecular flexibility index (Phi) is 4.04. The number of nitrogens with zero attached hydrogens (tertiary/aromatic N) is 2. The van der Waals surface area contributed by atoms with E-state index < -0.39 is 0 Å². The minimum absolute atomic E-state index is 0.122. The first kappa shape index (κ1) is 13.1. The minimum Gasteiger partial charge on any atom is -0.384 e. The van der Waals surface area contributed by atoms with Gasteiger partial charge >= 0.3 is 0 Å². The summed E-state index contributed by atoms with van der Waals surface area (Å²) in [7, 11) is 1.73. The van der Waals surface area contributed by atoms with Crippen LogP contribution < -0.4 is 5.73 Å². The van der Waals surface area contributed by atoms with Crippen molar-refractivity contribution in [3.63, 3.8) is 0 Å². The minimum atomic E-state index is -0.162. The number of aromatic nitrogens is 1. The zero-order chi connectivity index (χ0) is 13.1. The van der Waals surface area contributed by atoms with Gasteiger partial charge in [-0.25, -0.2) is 4.98 Å². The highest BCUT2D eigenvalue weighted by Gasteiger charge is 2.22. The van der Waals surface area contributed by atoms with Crippen LogP contribution in [0.5, 0.6) is 0 Å². The topological polar surface area (TPSA) is 68.5 Å². The first-order valence-electron chi connectivity index (χ1n) is 5.86. The lowest BCUT2D eigenvalue weighted by Crippen LogP contribution is -2.34. The van der Waals surface area contributed by atoms with E-state index in [1.807, 2.05) is 0 Å². The van der Waals surface area contributed by atoms with Gasteiger partial charge in [0, 0.05) is 26.4 Å². The fourth-order valence-electron chi connectivity index (χ4n) is 2.00. The SMILES string of the molecule is CN(CC1CCCO1)C(=O)c1cc(N)ncc1Cl. The van der Waals surface area contributed by atoms with Gasteiger partial charge in [0.1, 0.15) is 5.82 Å². The molecule has 1 unspecified atom stereocenters. The van der Waals surface area contributed by atoms with E-state index in [0.29, 0.717) is 17.1 Å². The molecule has 2 N–H and O–H groups in total. The van der Waals surface area contributed by atoms with Gasteiger partial charge in [0.25, 0.3) is 5.91 Å². The van der Waals surface area contributed by atoms with Crippen LogP contribution in [0, 0.1) is 0 Å². The number of hydrogen-bond acceptors (Lipinski definition) is 4. The van der Waals surface area contributed by atoms with Crippen molar-refractivity contribution in [1.82, 2.24) is 9.88 Å². The molecule has 18 heavy (non-hydrogen) atoms. The molecule has 0 spiro atoms. The van der Waals surface area contributed by atoms with Gasteiger partial charge in [0.05, 0.1) is 16.7 Å². The summed E-state index contributed by atoms with van der Waals surface area (Å²) >= 11 is 5.95. The molecule has 5 nitrogen and oxygen atoms in total. The average molecular weight is 270 g/mol. The van der Waals surface area contributed by atoms with Crippen LogP contribution in [0.4, 0.5) is 5.82 Å². The summed E-state index contributed by atoms with van der Waals surface area (Å²) in [5.74, 6) is 0.123. The number of carbonyl (C=O) groups is 1. The molecule has 1 atom stereocenters. The van der Waals surface area contributed by atoms with Gasteiger partial charge in [-0.1, -0.05) is 11.6 Å². The maximum Gasteiger partial charge on any atom is 0.255 e. The van der Waals surface area contributed by atoms with E-state index >= 15 is 0 Å². The highest BCUT2D eigenvalue weighted by molar-refractivity contribution is 6.33. The van der Waals surface area contributed by atoms with Crippen molar-refractivity contribution in [2.75, 3.05) is 25.9 Å². The summed E-state index contributed by atoms with van der Waals surface area (Å²) in [5, 5.41) is 0.313. The molecule has 0 aliphatic carbocycles. The summed E-state index contributed by atoms with van der Waals surface area (Å²) in [6.45, 7) is 1.34. The summed E-state index contributed by atoms with van der Waals surface area (Å²) < 4.78 is 5.50. The second kappa shape index (κ2) is 5.54. The quantitative estimate of drug-likeness (QED) is 0.904. The number of likely N-dealkylation sites (N-methyl/N-ethyl adjacent to an activating group) is 1. The van der Waals surface area contributed by atoms with Crippen LogP contribution in [-0.2, 0) is 4.74 Å². The third-order valence-electron chi connectivity index (χ3n) is 2.96. The number of halogens is 1. The molecule has 6 heteroatoms. The fourth-order valence-corrected chi connectivity index (χ4v) is 2.19. The van der Waals surface area contributed by atoms with Crippen LogP contribution in [-0.4, -0.2) is 42.1 Å². The molecule has 0 saturated carbocycles.